The van der Waals surface area contributed by atoms with E-state index in [1.165, 1.54) is 15.0 Å². The molecule has 0 saturated carbocycles. The van der Waals surface area contributed by atoms with Gasteiger partial charge in [0.1, 0.15) is 5.69 Å². The lowest BCUT2D eigenvalue weighted by Crippen LogP contribution is -2.12. The molecule has 88 valence electrons. The van der Waals surface area contributed by atoms with Gasteiger partial charge in [0.05, 0.1) is 11.1 Å². The predicted molar refractivity (Wildman–Crippen MR) is 79.2 cm³/mol. The van der Waals surface area contributed by atoms with Crippen LogP contribution in [0.15, 0.2) is 48.7 Å². The van der Waals surface area contributed by atoms with Crippen molar-refractivity contribution in [2.24, 2.45) is 0 Å². The zero-order valence-electron chi connectivity index (χ0n) is 9.95. The zero-order chi connectivity index (χ0) is 12.8. The normalized spacial score (nSPS) is 11.4. The summed E-state index contributed by atoms with van der Waals surface area (Å²) in [5.74, 6) is 0. The van der Waals surface area contributed by atoms with Crippen LogP contribution in [0.5, 0.6) is 0 Å². The highest BCUT2D eigenvalue weighted by Gasteiger charge is 2.10. The summed E-state index contributed by atoms with van der Waals surface area (Å²) < 4.78 is 4.09. The van der Waals surface area contributed by atoms with E-state index in [9.17, 15) is 0 Å². The third-order valence-electron chi connectivity index (χ3n) is 3.06. The molecule has 5 heteroatoms. The Morgan fingerprint density at radius 3 is 2.89 bits per heavy atom. The number of benzene rings is 1. The van der Waals surface area contributed by atoms with Crippen LogP contribution in [-0.4, -0.2) is 30.9 Å². The van der Waals surface area contributed by atoms with E-state index >= 15 is 0 Å². The van der Waals surface area contributed by atoms with E-state index in [1.807, 2.05) is 22.8 Å². The Morgan fingerprint density at radius 1 is 1.11 bits per heavy atom. The molecular weight excluding hydrogens is 269 g/mol. The molecule has 0 aliphatic carbocycles. The van der Waals surface area contributed by atoms with Gasteiger partial charge in [-0.15, -0.1) is 11.3 Å². The molecule has 0 aliphatic rings. The van der Waals surface area contributed by atoms with Gasteiger partial charge in [-0.25, -0.2) is 9.50 Å². The minimum atomic E-state index is 0.874. The Balaban J connectivity index is 2.00. The number of nitrogens with zero attached hydrogens (tertiary/aromatic N) is 3. The lowest BCUT2D eigenvalue weighted by molar-refractivity contribution is 0.967. The lowest BCUT2D eigenvalue weighted by Gasteiger charge is -1.99. The van der Waals surface area contributed by atoms with E-state index in [1.54, 1.807) is 11.3 Å². The Morgan fingerprint density at radius 2 is 2.00 bits per heavy atom. The molecule has 4 rings (SSSR count). The van der Waals surface area contributed by atoms with Crippen LogP contribution in [0, 0.1) is 0 Å². The summed E-state index contributed by atoms with van der Waals surface area (Å²) in [6.07, 6.45) is 1.89. The quantitative estimate of drug-likeness (QED) is 0.500. The molecule has 4 aromatic rings. The van der Waals surface area contributed by atoms with Crippen LogP contribution >= 0.6 is 11.3 Å². The van der Waals surface area contributed by atoms with Gasteiger partial charge in [0, 0.05) is 4.70 Å². The molecule has 0 fully saturated rings. The largest absolute Gasteiger partial charge is 0.235 e. The summed E-state index contributed by atoms with van der Waals surface area (Å²) in [6.45, 7) is 0. The van der Waals surface area contributed by atoms with Gasteiger partial charge < -0.3 is 0 Å². The Kier molecular flexibility index (Phi) is 2.46. The highest BCUT2D eigenvalue weighted by molar-refractivity contribution is 7.22. The minimum absolute atomic E-state index is 0.874. The first kappa shape index (κ1) is 11.2. The van der Waals surface area contributed by atoms with Crippen LogP contribution in [0.4, 0.5) is 0 Å². The molecule has 0 amide bonds. The van der Waals surface area contributed by atoms with Crippen molar-refractivity contribution in [2.45, 2.75) is 0 Å². The average Bonchev–Trinajstić information content (AvgIpc) is 3.00. The van der Waals surface area contributed by atoms with Crippen LogP contribution in [-0.2, 0) is 0 Å². The highest BCUT2D eigenvalue weighted by Crippen LogP contribution is 2.33. The second-order valence-electron chi connectivity index (χ2n) is 4.32. The molecule has 0 unspecified atom stereocenters. The van der Waals surface area contributed by atoms with E-state index in [-0.39, 0.29) is 0 Å². The van der Waals surface area contributed by atoms with Crippen molar-refractivity contribution in [3.05, 3.63) is 48.7 Å². The van der Waals surface area contributed by atoms with Gasteiger partial charge in [-0.2, -0.15) is 5.10 Å². The fourth-order valence-electron chi connectivity index (χ4n) is 2.16. The van der Waals surface area contributed by atoms with Crippen LogP contribution in [0.3, 0.4) is 0 Å². The van der Waals surface area contributed by atoms with E-state index in [0.717, 1.165) is 15.9 Å². The first-order valence-corrected chi connectivity index (χ1v) is 7.30. The molecular formula is C14H8AlN3S. The van der Waals surface area contributed by atoms with E-state index in [2.05, 4.69) is 56.7 Å². The fraction of sp³-hybridized carbons (Fsp3) is 0. The molecule has 0 N–H and O–H groups in total. The monoisotopic (exact) mass is 277 g/mol. The molecule has 2 radical (unpaired) electrons. The fourth-order valence-corrected chi connectivity index (χ4v) is 3.43. The second kappa shape index (κ2) is 4.17. The number of hydrogen-bond donors (Lipinski definition) is 0. The van der Waals surface area contributed by atoms with Gasteiger partial charge in [-0.1, -0.05) is 24.3 Å². The maximum Gasteiger partial charge on any atom is 0.212 e. The molecule has 0 saturated heterocycles. The van der Waals surface area contributed by atoms with E-state index in [0.29, 0.717) is 0 Å². The van der Waals surface area contributed by atoms with Crippen molar-refractivity contribution in [3.63, 3.8) is 0 Å². The maximum absolute atomic E-state index is 4.51. The maximum atomic E-state index is 4.51. The number of hydrogen-bond acceptors (Lipinski definition) is 3. The van der Waals surface area contributed by atoms with E-state index < -0.39 is 0 Å². The summed E-state index contributed by atoms with van der Waals surface area (Å²) in [6, 6.07) is 14.5. The van der Waals surface area contributed by atoms with Crippen molar-refractivity contribution < 1.29 is 0 Å². The predicted octanol–water partition coefficient (Wildman–Crippen LogP) is 2.40. The van der Waals surface area contributed by atoms with Crippen molar-refractivity contribution in [2.75, 3.05) is 0 Å². The zero-order valence-corrected chi connectivity index (χ0v) is 11.9. The smallest absolute Gasteiger partial charge is 0.212 e. The molecule has 19 heavy (non-hydrogen) atoms. The van der Waals surface area contributed by atoms with Gasteiger partial charge in [0.2, 0.25) is 16.3 Å². The number of fused-ring (bicyclic) bond motifs is 2. The summed E-state index contributed by atoms with van der Waals surface area (Å²) >= 11 is 4.39. The first-order valence-electron chi connectivity index (χ1n) is 5.90. The molecule has 0 aliphatic heterocycles. The van der Waals surface area contributed by atoms with Gasteiger partial charge >= 0.3 is 0 Å². The van der Waals surface area contributed by atoms with E-state index in [4.69, 9.17) is 0 Å². The van der Waals surface area contributed by atoms with Gasteiger partial charge in [-0.3, -0.25) is 0 Å². The molecule has 0 bridgehead atoms. The molecule has 1 aromatic carbocycles. The molecule has 3 aromatic heterocycles. The molecule has 0 atom stereocenters. The van der Waals surface area contributed by atoms with Gasteiger partial charge in [0.15, 0.2) is 5.65 Å². The summed E-state index contributed by atoms with van der Waals surface area (Å²) in [4.78, 5) is 5.60. The van der Waals surface area contributed by atoms with Crippen molar-refractivity contribution in [1.29, 1.82) is 0 Å². The highest BCUT2D eigenvalue weighted by atomic mass is 32.1. The number of aromatic nitrogens is 3. The van der Waals surface area contributed by atoms with Crippen LogP contribution < -0.4 is 4.56 Å². The topological polar surface area (TPSA) is 30.2 Å². The Hall–Kier alpha value is -1.67. The van der Waals surface area contributed by atoms with Gasteiger partial charge in [-0.05, 0) is 28.1 Å². The molecule has 3 nitrogen and oxygen atoms in total. The average molecular weight is 277 g/mol. The summed E-state index contributed by atoms with van der Waals surface area (Å²) in [5.41, 5.74) is 1.92. The second-order valence-corrected chi connectivity index (χ2v) is 6.00. The molecule has 0 spiro atoms. The molecule has 3 heterocycles. The summed E-state index contributed by atoms with van der Waals surface area (Å²) in [5, 5.41) is 5.77. The van der Waals surface area contributed by atoms with Crippen molar-refractivity contribution in [1.82, 2.24) is 14.6 Å². The minimum Gasteiger partial charge on any atom is -0.235 e. The third-order valence-corrected chi connectivity index (χ3v) is 4.51. The first-order chi connectivity index (χ1) is 9.31. The Bertz CT molecular complexity index is 861. The third kappa shape index (κ3) is 1.79. The lowest BCUT2D eigenvalue weighted by atomic mass is 10.2. The van der Waals surface area contributed by atoms with Gasteiger partial charge in [0.25, 0.3) is 0 Å². The Labute approximate surface area is 121 Å². The standard InChI is InChI=1S/C14H8N3S.Al/c1-2-5-12-10(4-1)8-13(18-12)11-9-15-14-6-3-7-16-17(11)14;/h1-6,8-9H;. The number of imidazole rings is 1. The van der Waals surface area contributed by atoms with Crippen LogP contribution in [0.2, 0.25) is 0 Å². The number of rotatable bonds is 1. The van der Waals surface area contributed by atoms with Crippen molar-refractivity contribution in [3.8, 4) is 10.6 Å². The van der Waals surface area contributed by atoms with Crippen LogP contribution in [0.1, 0.15) is 0 Å². The number of thiophene rings is 1. The summed E-state index contributed by atoms with van der Waals surface area (Å²) in [7, 11) is 0. The SMILES string of the molecule is [Al][c]1ccc2ncc(-c3cc4ccccc4s3)n2n1. The van der Waals surface area contributed by atoms with Crippen molar-refractivity contribution >= 4 is 47.9 Å². The van der Waals surface area contributed by atoms with Crippen LogP contribution in [0.25, 0.3) is 26.3 Å².